The predicted octanol–water partition coefficient (Wildman–Crippen LogP) is 4.57. The molecule has 0 amide bonds. The number of ether oxygens (including phenoxy) is 1. The van der Waals surface area contributed by atoms with E-state index in [0.29, 0.717) is 23.7 Å². The molecule has 0 radical (unpaired) electrons. The Morgan fingerprint density at radius 3 is 2.60 bits per heavy atom. The summed E-state index contributed by atoms with van der Waals surface area (Å²) in [6, 6.07) is 17.1. The van der Waals surface area contributed by atoms with Crippen LogP contribution in [0.1, 0.15) is 19.8 Å². The van der Waals surface area contributed by atoms with Crippen molar-refractivity contribution in [1.29, 1.82) is 0 Å². The van der Waals surface area contributed by atoms with Gasteiger partial charge in [-0.1, -0.05) is 49.7 Å². The standard InChI is InChI=1S/C19H20N2O3S/c1-2-3-13-25(22,23)21-16-11-12-19(20-14-16)24-18-10-6-8-15-7-4-5-9-17(15)18/h4-12,14,21H,2-3,13H2,1H3. The second-order valence-electron chi connectivity index (χ2n) is 5.74. The largest absolute Gasteiger partial charge is 0.438 e. The van der Waals surface area contributed by atoms with E-state index in [9.17, 15) is 8.42 Å². The average molecular weight is 356 g/mol. The molecular formula is C19H20N2O3S. The normalized spacial score (nSPS) is 11.4. The Bertz CT molecular complexity index is 949. The molecule has 0 unspecified atom stereocenters. The van der Waals surface area contributed by atoms with Crippen molar-refractivity contribution < 1.29 is 13.2 Å². The quantitative estimate of drug-likeness (QED) is 0.673. The van der Waals surface area contributed by atoms with Crippen molar-refractivity contribution in [2.24, 2.45) is 0 Å². The van der Waals surface area contributed by atoms with Gasteiger partial charge in [0.15, 0.2) is 0 Å². The molecule has 0 saturated carbocycles. The van der Waals surface area contributed by atoms with Crippen molar-refractivity contribution in [3.8, 4) is 11.6 Å². The zero-order valence-corrected chi connectivity index (χ0v) is 14.8. The second-order valence-corrected chi connectivity index (χ2v) is 7.58. The van der Waals surface area contributed by atoms with E-state index in [1.54, 1.807) is 12.1 Å². The zero-order chi connectivity index (χ0) is 17.7. The van der Waals surface area contributed by atoms with Gasteiger partial charge >= 0.3 is 0 Å². The van der Waals surface area contributed by atoms with Crippen LogP contribution in [0.15, 0.2) is 60.8 Å². The van der Waals surface area contributed by atoms with Gasteiger partial charge in [-0.2, -0.15) is 0 Å². The van der Waals surface area contributed by atoms with E-state index in [4.69, 9.17) is 4.74 Å². The summed E-state index contributed by atoms with van der Waals surface area (Å²) >= 11 is 0. The lowest BCUT2D eigenvalue weighted by Gasteiger charge is -2.10. The van der Waals surface area contributed by atoms with Gasteiger partial charge in [0.2, 0.25) is 15.9 Å². The Morgan fingerprint density at radius 1 is 1.04 bits per heavy atom. The summed E-state index contributed by atoms with van der Waals surface area (Å²) in [5.41, 5.74) is 0.432. The first-order chi connectivity index (χ1) is 12.1. The van der Waals surface area contributed by atoms with Crippen molar-refractivity contribution in [3.63, 3.8) is 0 Å². The molecule has 0 aliphatic rings. The van der Waals surface area contributed by atoms with Gasteiger partial charge in [0.05, 0.1) is 17.6 Å². The lowest BCUT2D eigenvalue weighted by molar-refractivity contribution is 0.468. The van der Waals surface area contributed by atoms with Crippen LogP contribution in [0.4, 0.5) is 5.69 Å². The van der Waals surface area contributed by atoms with E-state index in [1.165, 1.54) is 6.20 Å². The fourth-order valence-corrected chi connectivity index (χ4v) is 3.71. The van der Waals surface area contributed by atoms with Crippen LogP contribution in [0.2, 0.25) is 0 Å². The Morgan fingerprint density at radius 2 is 1.84 bits per heavy atom. The maximum Gasteiger partial charge on any atom is 0.232 e. The third kappa shape index (κ3) is 4.48. The smallest absolute Gasteiger partial charge is 0.232 e. The van der Waals surface area contributed by atoms with E-state index in [0.717, 1.165) is 17.2 Å². The third-order valence-electron chi connectivity index (χ3n) is 3.74. The Balaban J connectivity index is 1.74. The van der Waals surface area contributed by atoms with Gasteiger partial charge in [0.25, 0.3) is 0 Å². The first-order valence-electron chi connectivity index (χ1n) is 8.19. The lowest BCUT2D eigenvalue weighted by Crippen LogP contribution is -2.16. The summed E-state index contributed by atoms with van der Waals surface area (Å²) in [5.74, 6) is 1.23. The van der Waals surface area contributed by atoms with Crippen LogP contribution in [0.3, 0.4) is 0 Å². The van der Waals surface area contributed by atoms with Crippen LogP contribution in [0.25, 0.3) is 10.8 Å². The molecule has 1 aromatic heterocycles. The Kier molecular flexibility index (Phi) is 5.19. The van der Waals surface area contributed by atoms with Crippen molar-refractivity contribution in [2.45, 2.75) is 19.8 Å². The minimum Gasteiger partial charge on any atom is -0.438 e. The molecule has 1 N–H and O–H groups in total. The molecular weight excluding hydrogens is 336 g/mol. The maximum atomic E-state index is 11.9. The molecule has 3 rings (SSSR count). The van der Waals surface area contributed by atoms with E-state index < -0.39 is 10.0 Å². The van der Waals surface area contributed by atoms with Crippen molar-refractivity contribution in [1.82, 2.24) is 4.98 Å². The summed E-state index contributed by atoms with van der Waals surface area (Å²) in [7, 11) is -3.33. The van der Waals surface area contributed by atoms with Crippen molar-refractivity contribution >= 4 is 26.5 Å². The molecule has 0 atom stereocenters. The fraction of sp³-hybridized carbons (Fsp3) is 0.211. The molecule has 0 spiro atoms. The topological polar surface area (TPSA) is 68.3 Å². The van der Waals surface area contributed by atoms with Gasteiger partial charge in [-0.3, -0.25) is 4.72 Å². The summed E-state index contributed by atoms with van der Waals surface area (Å²) in [4.78, 5) is 4.20. The van der Waals surface area contributed by atoms with Crippen molar-refractivity contribution in [3.05, 3.63) is 60.8 Å². The van der Waals surface area contributed by atoms with Gasteiger partial charge in [-0.15, -0.1) is 0 Å². The number of nitrogens with one attached hydrogen (secondary N) is 1. The molecule has 1 heterocycles. The first kappa shape index (κ1) is 17.2. The molecule has 5 nitrogen and oxygen atoms in total. The van der Waals surface area contributed by atoms with E-state index in [-0.39, 0.29) is 5.75 Å². The lowest BCUT2D eigenvalue weighted by atomic mass is 10.1. The summed E-state index contributed by atoms with van der Waals surface area (Å²) < 4.78 is 32.2. The van der Waals surface area contributed by atoms with Gasteiger partial charge < -0.3 is 4.74 Å². The molecule has 0 saturated heterocycles. The number of sulfonamides is 1. The van der Waals surface area contributed by atoms with Crippen LogP contribution in [-0.4, -0.2) is 19.2 Å². The highest BCUT2D eigenvalue weighted by Crippen LogP contribution is 2.29. The number of benzene rings is 2. The number of aromatic nitrogens is 1. The monoisotopic (exact) mass is 356 g/mol. The highest BCUT2D eigenvalue weighted by molar-refractivity contribution is 7.92. The van der Waals surface area contributed by atoms with Gasteiger partial charge in [-0.05, 0) is 23.9 Å². The number of nitrogens with zero attached hydrogens (tertiary/aromatic N) is 1. The number of rotatable bonds is 7. The summed E-state index contributed by atoms with van der Waals surface area (Å²) in [6.45, 7) is 1.95. The van der Waals surface area contributed by atoms with Gasteiger partial charge in [0.1, 0.15) is 5.75 Å². The molecule has 6 heteroatoms. The molecule has 0 aliphatic heterocycles. The number of unbranched alkanes of at least 4 members (excludes halogenated alkanes) is 1. The molecule has 0 bridgehead atoms. The molecule has 3 aromatic rings. The SMILES string of the molecule is CCCCS(=O)(=O)Nc1ccc(Oc2cccc3ccccc23)nc1. The Hall–Kier alpha value is -2.60. The van der Waals surface area contributed by atoms with Crippen LogP contribution < -0.4 is 9.46 Å². The number of fused-ring (bicyclic) bond motifs is 1. The van der Waals surface area contributed by atoms with E-state index >= 15 is 0 Å². The van der Waals surface area contributed by atoms with Crippen LogP contribution in [-0.2, 0) is 10.0 Å². The highest BCUT2D eigenvalue weighted by Gasteiger charge is 2.10. The molecule has 2 aromatic carbocycles. The van der Waals surface area contributed by atoms with Gasteiger partial charge in [0, 0.05) is 11.5 Å². The van der Waals surface area contributed by atoms with Crippen LogP contribution >= 0.6 is 0 Å². The zero-order valence-electron chi connectivity index (χ0n) is 14.0. The number of pyridine rings is 1. The Labute approximate surface area is 147 Å². The predicted molar refractivity (Wildman–Crippen MR) is 101 cm³/mol. The average Bonchev–Trinajstić information content (AvgIpc) is 2.62. The molecule has 0 fully saturated rings. The van der Waals surface area contributed by atoms with E-state index in [2.05, 4.69) is 9.71 Å². The fourth-order valence-electron chi connectivity index (χ4n) is 2.46. The first-order valence-corrected chi connectivity index (χ1v) is 9.85. The van der Waals surface area contributed by atoms with Gasteiger partial charge in [-0.25, -0.2) is 13.4 Å². The number of hydrogen-bond donors (Lipinski definition) is 1. The molecule has 25 heavy (non-hydrogen) atoms. The number of anilines is 1. The number of hydrogen-bond acceptors (Lipinski definition) is 4. The van der Waals surface area contributed by atoms with E-state index in [1.807, 2.05) is 49.4 Å². The minimum absolute atomic E-state index is 0.109. The third-order valence-corrected chi connectivity index (χ3v) is 5.11. The summed E-state index contributed by atoms with van der Waals surface area (Å²) in [5, 5.41) is 2.08. The second kappa shape index (κ2) is 7.53. The highest BCUT2D eigenvalue weighted by atomic mass is 32.2. The van der Waals surface area contributed by atoms with Crippen LogP contribution in [0.5, 0.6) is 11.6 Å². The molecule has 130 valence electrons. The minimum atomic E-state index is -3.33. The molecule has 0 aliphatic carbocycles. The summed E-state index contributed by atoms with van der Waals surface area (Å²) in [6.07, 6.45) is 2.92. The maximum absolute atomic E-state index is 11.9. The van der Waals surface area contributed by atoms with Crippen LogP contribution in [0, 0.1) is 0 Å². The van der Waals surface area contributed by atoms with Crippen molar-refractivity contribution in [2.75, 3.05) is 10.5 Å².